The zero-order chi connectivity index (χ0) is 47.3. The van der Waals surface area contributed by atoms with E-state index in [-0.39, 0.29) is 54.9 Å². The maximum Gasteiger partial charge on any atom is 3.00 e. The summed E-state index contributed by atoms with van der Waals surface area (Å²) in [4.78, 5) is 30.7. The standard InChI is InChI=1S/3C18H36O3.Al/c3*1-2-3-4-11-14-17(19)15-12-9-7-5-6-8-10-13-16-18(20)21;/h3*17,19H,2-16H2,1H3,(H,20,21);/q;;;+3/p-3. The van der Waals surface area contributed by atoms with Crippen molar-refractivity contribution in [2.24, 2.45) is 0 Å². The first-order valence-electron chi connectivity index (χ1n) is 27.1. The number of carbonyl (C=O) groups excluding carboxylic acids is 3. The van der Waals surface area contributed by atoms with Gasteiger partial charge in [0.25, 0.3) is 0 Å². The van der Waals surface area contributed by atoms with Crippen LogP contribution in [0.3, 0.4) is 0 Å². The topological polar surface area (TPSA) is 181 Å². The van der Waals surface area contributed by atoms with E-state index < -0.39 is 17.9 Å². The molecule has 3 N–H and O–H groups in total. The normalized spacial score (nSPS) is 12.3. The number of hydrogen-bond donors (Lipinski definition) is 3. The van der Waals surface area contributed by atoms with Crippen molar-refractivity contribution in [2.75, 3.05) is 0 Å². The monoisotopic (exact) mass is 925 g/mol. The van der Waals surface area contributed by atoms with Gasteiger partial charge in [-0.25, -0.2) is 0 Å². The van der Waals surface area contributed by atoms with Gasteiger partial charge < -0.3 is 45.0 Å². The summed E-state index contributed by atoms with van der Waals surface area (Å²) in [6.45, 7) is 6.62. The molecule has 0 bridgehead atoms. The van der Waals surface area contributed by atoms with Crippen LogP contribution in [-0.2, 0) is 14.4 Å². The second-order valence-corrected chi connectivity index (χ2v) is 18.7. The molecule has 0 aromatic carbocycles. The van der Waals surface area contributed by atoms with E-state index in [0.29, 0.717) is 0 Å². The second kappa shape index (κ2) is 59.8. The fourth-order valence-electron chi connectivity index (χ4n) is 7.98. The first-order valence-corrected chi connectivity index (χ1v) is 27.1. The Balaban J connectivity index is -0.000000419. The van der Waals surface area contributed by atoms with E-state index in [2.05, 4.69) is 20.8 Å². The Labute approximate surface area is 406 Å². The van der Waals surface area contributed by atoms with Crippen LogP contribution in [-0.4, -0.2) is 68.9 Å². The van der Waals surface area contributed by atoms with Gasteiger partial charge >= 0.3 is 17.4 Å². The summed E-state index contributed by atoms with van der Waals surface area (Å²) >= 11 is 0. The van der Waals surface area contributed by atoms with Crippen LogP contribution in [0.25, 0.3) is 0 Å². The summed E-state index contributed by atoms with van der Waals surface area (Å²) in [5.41, 5.74) is 0. The molecule has 0 saturated carbocycles. The summed E-state index contributed by atoms with van der Waals surface area (Å²) < 4.78 is 0. The molecule has 0 saturated heterocycles. The number of unbranched alkanes of at least 4 members (excludes halogenated alkanes) is 30. The van der Waals surface area contributed by atoms with E-state index in [1.165, 1.54) is 154 Å². The molecule has 0 fully saturated rings. The minimum Gasteiger partial charge on any atom is -0.550 e. The third kappa shape index (κ3) is 69.9. The van der Waals surface area contributed by atoms with Crippen molar-refractivity contribution >= 4 is 35.3 Å². The van der Waals surface area contributed by atoms with Crippen LogP contribution in [0, 0.1) is 0 Å². The second-order valence-electron chi connectivity index (χ2n) is 18.7. The number of carboxylic acid groups (broad SMARTS) is 3. The number of carbonyl (C=O) groups is 3. The van der Waals surface area contributed by atoms with Crippen molar-refractivity contribution in [2.45, 2.75) is 328 Å². The largest absolute Gasteiger partial charge is 3.00 e. The molecule has 0 amide bonds. The summed E-state index contributed by atoms with van der Waals surface area (Å²) in [5, 5.41) is 60.2. The van der Waals surface area contributed by atoms with Crippen LogP contribution >= 0.6 is 0 Å². The van der Waals surface area contributed by atoms with Gasteiger partial charge in [-0.2, -0.15) is 0 Å². The molecule has 64 heavy (non-hydrogen) atoms. The SMILES string of the molecule is CCCCCCC(O)CCCCCCCCCCC(=O)[O-].CCCCCCC(O)CCCCCCCCCCC(=O)[O-].CCCCCCC(O)CCCCCCCCCCC(=O)[O-].[Al+3]. The molecule has 9 nitrogen and oxygen atoms in total. The van der Waals surface area contributed by atoms with Gasteiger partial charge in [0.15, 0.2) is 0 Å². The van der Waals surface area contributed by atoms with Gasteiger partial charge in [0.05, 0.1) is 18.3 Å². The molecular weight excluding hydrogens is 820 g/mol. The number of rotatable bonds is 48. The Morgan fingerprint density at radius 3 is 0.578 bits per heavy atom. The number of aliphatic hydroxyl groups is 3. The number of aliphatic carboxylic acids is 3. The molecule has 0 radical (unpaired) electrons. The van der Waals surface area contributed by atoms with Crippen LogP contribution in [0.2, 0.25) is 0 Å². The minimum atomic E-state index is -0.928. The van der Waals surface area contributed by atoms with Crippen LogP contribution in [0.4, 0.5) is 0 Å². The van der Waals surface area contributed by atoms with Gasteiger partial charge in [-0.15, -0.1) is 0 Å². The third-order valence-electron chi connectivity index (χ3n) is 12.2. The first-order chi connectivity index (χ1) is 30.5. The van der Waals surface area contributed by atoms with Gasteiger partial charge in [-0.1, -0.05) is 233 Å². The molecule has 0 aliphatic heterocycles. The molecule has 0 aromatic rings. The Bertz CT molecular complexity index is 807. The minimum absolute atomic E-state index is 0. The average molecular weight is 925 g/mol. The Morgan fingerprint density at radius 2 is 0.422 bits per heavy atom. The molecule has 0 aliphatic rings. The van der Waals surface area contributed by atoms with Crippen molar-refractivity contribution in [1.82, 2.24) is 0 Å². The van der Waals surface area contributed by atoms with Crippen LogP contribution < -0.4 is 15.3 Å². The average Bonchev–Trinajstić information content (AvgIpc) is 3.24. The molecule has 10 heteroatoms. The summed E-state index contributed by atoms with van der Waals surface area (Å²) in [6, 6.07) is 0. The Hall–Kier alpha value is -1.18. The molecule has 0 aliphatic carbocycles. The Kier molecular flexibility index (Phi) is 64.9. The molecule has 0 spiro atoms. The Morgan fingerprint density at radius 1 is 0.281 bits per heavy atom. The smallest absolute Gasteiger partial charge is 0.550 e. The fraction of sp³-hybridized carbons (Fsp3) is 0.944. The zero-order valence-corrected chi connectivity index (χ0v) is 43.6. The summed E-state index contributed by atoms with van der Waals surface area (Å²) in [7, 11) is 0. The van der Waals surface area contributed by atoms with E-state index in [1.54, 1.807) is 0 Å². The molecule has 378 valence electrons. The van der Waals surface area contributed by atoms with Gasteiger partial charge in [0, 0.05) is 17.9 Å². The van der Waals surface area contributed by atoms with Crippen molar-refractivity contribution in [1.29, 1.82) is 0 Å². The maximum atomic E-state index is 10.2. The third-order valence-corrected chi connectivity index (χ3v) is 12.2. The van der Waals surface area contributed by atoms with E-state index in [0.717, 1.165) is 116 Å². The van der Waals surface area contributed by atoms with Crippen molar-refractivity contribution < 1.29 is 45.0 Å². The van der Waals surface area contributed by atoms with Gasteiger partial charge in [0.2, 0.25) is 0 Å². The van der Waals surface area contributed by atoms with Crippen LogP contribution in [0.1, 0.15) is 310 Å². The van der Waals surface area contributed by atoms with Crippen molar-refractivity contribution in [3.63, 3.8) is 0 Å². The summed E-state index contributed by atoms with van der Waals surface area (Å²) in [6.07, 6.45) is 47.8. The van der Waals surface area contributed by atoms with E-state index in [4.69, 9.17) is 0 Å². The molecule has 0 aromatic heterocycles. The maximum absolute atomic E-state index is 10.2. The first kappa shape index (κ1) is 69.4. The number of hydrogen-bond acceptors (Lipinski definition) is 9. The molecule has 0 rings (SSSR count). The van der Waals surface area contributed by atoms with Crippen molar-refractivity contribution in [3.8, 4) is 0 Å². The molecular formula is C54H105AlO9. The van der Waals surface area contributed by atoms with Crippen LogP contribution in [0.15, 0.2) is 0 Å². The molecule has 3 unspecified atom stereocenters. The number of aliphatic hydroxyl groups excluding tert-OH is 3. The quantitative estimate of drug-likeness (QED) is 0.0395. The van der Waals surface area contributed by atoms with E-state index in [9.17, 15) is 45.0 Å². The predicted octanol–water partition coefficient (Wildman–Crippen LogP) is 11.5. The van der Waals surface area contributed by atoms with Gasteiger partial charge in [-0.05, 0) is 77.0 Å². The van der Waals surface area contributed by atoms with Gasteiger partial charge in [0.1, 0.15) is 0 Å². The molecule has 0 heterocycles. The predicted molar refractivity (Wildman–Crippen MR) is 264 cm³/mol. The van der Waals surface area contributed by atoms with E-state index in [1.807, 2.05) is 0 Å². The van der Waals surface area contributed by atoms with Crippen molar-refractivity contribution in [3.05, 3.63) is 0 Å². The molecule has 3 atom stereocenters. The van der Waals surface area contributed by atoms with Crippen LogP contribution in [0.5, 0.6) is 0 Å². The zero-order valence-electron chi connectivity index (χ0n) is 42.4. The number of carboxylic acids is 3. The fourth-order valence-corrected chi connectivity index (χ4v) is 7.98. The van der Waals surface area contributed by atoms with E-state index >= 15 is 0 Å². The summed E-state index contributed by atoms with van der Waals surface area (Å²) in [5.74, 6) is -2.78. The van der Waals surface area contributed by atoms with Gasteiger partial charge in [-0.3, -0.25) is 0 Å².